The van der Waals surface area contributed by atoms with E-state index in [-0.39, 0.29) is 17.2 Å². The molecule has 0 radical (unpaired) electrons. The summed E-state index contributed by atoms with van der Waals surface area (Å²) in [6.45, 7) is 3.65. The molecule has 8 heteroatoms. The zero-order valence-electron chi connectivity index (χ0n) is 15.6. The Morgan fingerprint density at radius 3 is 2.37 bits per heavy atom. The number of aryl methyl sites for hydroxylation is 2. The van der Waals surface area contributed by atoms with E-state index in [1.54, 1.807) is 24.3 Å². The normalized spacial score (nSPS) is 11.7. The molecule has 2 aromatic rings. The van der Waals surface area contributed by atoms with E-state index in [1.165, 1.54) is 20.2 Å². The summed E-state index contributed by atoms with van der Waals surface area (Å²) in [5.41, 5.74) is 2.93. The zero-order chi connectivity index (χ0) is 20.4. The van der Waals surface area contributed by atoms with Gasteiger partial charge in [0, 0.05) is 36.2 Å². The Morgan fingerprint density at radius 2 is 1.78 bits per heavy atom. The molecule has 1 amide bonds. The van der Waals surface area contributed by atoms with Gasteiger partial charge in [0.2, 0.25) is 15.9 Å². The Kier molecular flexibility index (Phi) is 6.92. The average molecular weight is 429 g/mol. The number of hydrogen-bond donors (Lipinski definition) is 1. The quantitative estimate of drug-likeness (QED) is 0.739. The molecule has 5 nitrogen and oxygen atoms in total. The molecule has 0 aliphatic rings. The number of carbonyl (C=O) groups is 1. The van der Waals surface area contributed by atoms with Crippen LogP contribution in [-0.2, 0) is 21.2 Å². The minimum absolute atomic E-state index is 0.145. The van der Waals surface area contributed by atoms with Gasteiger partial charge in [0.25, 0.3) is 0 Å². The van der Waals surface area contributed by atoms with Gasteiger partial charge in [-0.05, 0) is 61.2 Å². The second-order valence-corrected chi connectivity index (χ2v) is 9.48. The van der Waals surface area contributed by atoms with Crippen molar-refractivity contribution in [3.05, 3.63) is 57.1 Å². The molecule has 2 aromatic carbocycles. The molecule has 0 unspecified atom stereocenters. The zero-order valence-corrected chi connectivity index (χ0v) is 18.0. The number of halogens is 2. The highest BCUT2D eigenvalue weighted by Crippen LogP contribution is 2.26. The number of hydrogen-bond acceptors (Lipinski definition) is 3. The maximum Gasteiger partial charge on any atom is 0.242 e. The number of benzene rings is 2. The minimum Gasteiger partial charge on any atom is -0.326 e. The first-order valence-corrected chi connectivity index (χ1v) is 10.5. The van der Waals surface area contributed by atoms with Crippen molar-refractivity contribution in [2.75, 3.05) is 19.4 Å². The molecule has 0 heterocycles. The molecule has 0 atom stereocenters. The van der Waals surface area contributed by atoms with Crippen LogP contribution < -0.4 is 5.32 Å². The number of rotatable bonds is 6. The second kappa shape index (κ2) is 8.61. The number of sulfonamides is 1. The first-order chi connectivity index (χ1) is 12.5. The van der Waals surface area contributed by atoms with Crippen LogP contribution in [-0.4, -0.2) is 32.7 Å². The van der Waals surface area contributed by atoms with E-state index in [4.69, 9.17) is 23.2 Å². The Labute approximate surface area is 170 Å². The molecule has 0 fully saturated rings. The molecule has 0 saturated carbocycles. The van der Waals surface area contributed by atoms with Crippen molar-refractivity contribution in [2.45, 2.75) is 31.6 Å². The second-order valence-electron chi connectivity index (χ2n) is 6.48. The van der Waals surface area contributed by atoms with Gasteiger partial charge in [-0.25, -0.2) is 12.7 Å². The van der Waals surface area contributed by atoms with E-state index < -0.39 is 10.0 Å². The summed E-state index contributed by atoms with van der Waals surface area (Å²) in [7, 11) is -0.646. The highest BCUT2D eigenvalue weighted by molar-refractivity contribution is 7.89. The summed E-state index contributed by atoms with van der Waals surface area (Å²) in [6.07, 6.45) is 0.667. The van der Waals surface area contributed by atoms with E-state index in [1.807, 2.05) is 13.8 Å². The van der Waals surface area contributed by atoms with Crippen molar-refractivity contribution in [3.63, 3.8) is 0 Å². The van der Waals surface area contributed by atoms with Crippen LogP contribution in [0.1, 0.15) is 23.1 Å². The molecule has 1 N–H and O–H groups in total. The molecule has 27 heavy (non-hydrogen) atoms. The summed E-state index contributed by atoms with van der Waals surface area (Å²) in [4.78, 5) is 12.5. The largest absolute Gasteiger partial charge is 0.326 e. The van der Waals surface area contributed by atoms with Gasteiger partial charge in [-0.1, -0.05) is 29.3 Å². The number of anilines is 1. The first-order valence-electron chi connectivity index (χ1n) is 8.30. The third-order valence-corrected chi connectivity index (χ3v) is 6.71. The van der Waals surface area contributed by atoms with Crippen molar-refractivity contribution in [1.29, 1.82) is 0 Å². The fourth-order valence-electron chi connectivity index (χ4n) is 2.50. The molecule has 0 spiro atoms. The monoisotopic (exact) mass is 428 g/mol. The van der Waals surface area contributed by atoms with Crippen LogP contribution in [0, 0.1) is 13.8 Å². The molecule has 0 aliphatic heterocycles. The van der Waals surface area contributed by atoms with Crippen molar-refractivity contribution >= 4 is 44.8 Å². The van der Waals surface area contributed by atoms with E-state index in [0.717, 1.165) is 21.0 Å². The Balaban J connectivity index is 2.18. The third kappa shape index (κ3) is 5.23. The fourth-order valence-corrected chi connectivity index (χ4v) is 4.02. The van der Waals surface area contributed by atoms with E-state index in [9.17, 15) is 13.2 Å². The Hall–Kier alpha value is -1.60. The van der Waals surface area contributed by atoms with Crippen molar-refractivity contribution < 1.29 is 13.2 Å². The maximum absolute atomic E-state index is 12.4. The fraction of sp³-hybridized carbons (Fsp3) is 0.316. The highest BCUT2D eigenvalue weighted by atomic mass is 35.5. The first kappa shape index (κ1) is 21.7. The van der Waals surface area contributed by atoms with Crippen LogP contribution in [0.15, 0.2) is 35.2 Å². The van der Waals surface area contributed by atoms with Crippen LogP contribution in [0.5, 0.6) is 0 Å². The third-order valence-electron chi connectivity index (χ3n) is 4.33. The lowest BCUT2D eigenvalue weighted by atomic mass is 10.1. The van der Waals surface area contributed by atoms with Gasteiger partial charge in [0.1, 0.15) is 0 Å². The average Bonchev–Trinajstić information content (AvgIpc) is 2.57. The van der Waals surface area contributed by atoms with E-state index in [2.05, 4.69) is 5.32 Å². The predicted octanol–water partition coefficient (Wildman–Crippen LogP) is 4.43. The SMILES string of the molecule is Cc1cc(S(=O)(=O)N(C)C)cc(NC(=O)CCc2ccc(Cl)cc2Cl)c1C. The number of carbonyl (C=O) groups excluding carboxylic acids is 1. The maximum atomic E-state index is 12.4. The summed E-state index contributed by atoms with van der Waals surface area (Å²) in [5.74, 6) is -0.220. The number of amides is 1. The minimum atomic E-state index is -3.59. The predicted molar refractivity (Wildman–Crippen MR) is 110 cm³/mol. The molecule has 0 saturated heterocycles. The molecular weight excluding hydrogens is 407 g/mol. The lowest BCUT2D eigenvalue weighted by Gasteiger charge is -2.16. The molecule has 0 bridgehead atoms. The molecule has 2 rings (SSSR count). The highest BCUT2D eigenvalue weighted by Gasteiger charge is 2.20. The standard InChI is InChI=1S/C19H22Cl2N2O3S/c1-12-9-16(27(25,26)23(3)4)11-18(13(12)2)22-19(24)8-6-14-5-7-15(20)10-17(14)21/h5,7,9-11H,6,8H2,1-4H3,(H,22,24). The van der Waals surface area contributed by atoms with Crippen LogP contribution in [0.4, 0.5) is 5.69 Å². The summed E-state index contributed by atoms with van der Waals surface area (Å²) in [6, 6.07) is 8.25. The van der Waals surface area contributed by atoms with Gasteiger partial charge in [0.15, 0.2) is 0 Å². The molecule has 0 aliphatic carbocycles. The molecule has 146 valence electrons. The summed E-state index contributed by atoms with van der Waals surface area (Å²) >= 11 is 12.0. The Morgan fingerprint density at radius 1 is 1.11 bits per heavy atom. The van der Waals surface area contributed by atoms with Gasteiger partial charge < -0.3 is 5.32 Å². The van der Waals surface area contributed by atoms with Gasteiger partial charge in [-0.3, -0.25) is 4.79 Å². The van der Waals surface area contributed by atoms with Crippen molar-refractivity contribution in [2.24, 2.45) is 0 Å². The molecular formula is C19H22Cl2N2O3S. The van der Waals surface area contributed by atoms with Crippen molar-refractivity contribution in [3.8, 4) is 0 Å². The van der Waals surface area contributed by atoms with Gasteiger partial charge in [-0.15, -0.1) is 0 Å². The van der Waals surface area contributed by atoms with Crippen LogP contribution in [0.25, 0.3) is 0 Å². The van der Waals surface area contributed by atoms with Crippen LogP contribution in [0.2, 0.25) is 10.0 Å². The lowest BCUT2D eigenvalue weighted by Crippen LogP contribution is -2.23. The Bertz CT molecular complexity index is 973. The van der Waals surface area contributed by atoms with Crippen molar-refractivity contribution in [1.82, 2.24) is 4.31 Å². The molecule has 0 aromatic heterocycles. The number of nitrogens with one attached hydrogen (secondary N) is 1. The number of nitrogens with zero attached hydrogens (tertiary/aromatic N) is 1. The van der Waals surface area contributed by atoms with Crippen LogP contribution in [0.3, 0.4) is 0 Å². The topological polar surface area (TPSA) is 66.5 Å². The van der Waals surface area contributed by atoms with Gasteiger partial charge >= 0.3 is 0 Å². The van der Waals surface area contributed by atoms with E-state index in [0.29, 0.717) is 22.2 Å². The van der Waals surface area contributed by atoms with E-state index >= 15 is 0 Å². The smallest absolute Gasteiger partial charge is 0.242 e. The van der Waals surface area contributed by atoms with Gasteiger partial charge in [-0.2, -0.15) is 0 Å². The van der Waals surface area contributed by atoms with Crippen LogP contribution >= 0.6 is 23.2 Å². The summed E-state index contributed by atoms with van der Waals surface area (Å²) in [5, 5.41) is 3.87. The lowest BCUT2D eigenvalue weighted by molar-refractivity contribution is -0.116. The van der Waals surface area contributed by atoms with Gasteiger partial charge in [0.05, 0.1) is 4.90 Å². The summed E-state index contributed by atoms with van der Waals surface area (Å²) < 4.78 is 25.9.